The lowest BCUT2D eigenvalue weighted by Gasteiger charge is -2.04. The molecule has 2 rings (SSSR count). The van der Waals surface area contributed by atoms with Crippen molar-refractivity contribution in [3.8, 4) is 0 Å². The largest absolute Gasteiger partial charge is 0.299 e. The average molecular weight is 220 g/mol. The van der Waals surface area contributed by atoms with E-state index < -0.39 is 0 Å². The standard InChI is InChI=1S/C14H20O2/c15-13-9-3-7-11(13)5-1-2-6-12-8-4-10-14(12)16/h1-2,11-12H,3-10H2/b2-1+. The Morgan fingerprint density at radius 3 is 1.62 bits per heavy atom. The third-order valence-corrected chi connectivity index (χ3v) is 3.87. The molecular weight excluding hydrogens is 200 g/mol. The van der Waals surface area contributed by atoms with Gasteiger partial charge in [0.1, 0.15) is 11.6 Å². The van der Waals surface area contributed by atoms with Crippen molar-refractivity contribution in [3.05, 3.63) is 12.2 Å². The lowest BCUT2D eigenvalue weighted by Crippen LogP contribution is -2.05. The zero-order chi connectivity index (χ0) is 11.4. The van der Waals surface area contributed by atoms with E-state index in [2.05, 4.69) is 12.2 Å². The van der Waals surface area contributed by atoms with Gasteiger partial charge in [0.05, 0.1) is 0 Å². The van der Waals surface area contributed by atoms with Crippen LogP contribution in [0.5, 0.6) is 0 Å². The van der Waals surface area contributed by atoms with Crippen molar-refractivity contribution in [1.29, 1.82) is 0 Å². The van der Waals surface area contributed by atoms with Crippen molar-refractivity contribution in [2.45, 2.75) is 51.4 Å². The van der Waals surface area contributed by atoms with Crippen molar-refractivity contribution >= 4 is 11.6 Å². The molecule has 2 aliphatic carbocycles. The van der Waals surface area contributed by atoms with Crippen molar-refractivity contribution in [2.75, 3.05) is 0 Å². The fourth-order valence-electron chi connectivity index (χ4n) is 2.80. The SMILES string of the molecule is O=C1CCCC1C/C=C/CC1CCCC1=O. The first kappa shape index (κ1) is 11.6. The van der Waals surface area contributed by atoms with Gasteiger partial charge in [0.2, 0.25) is 0 Å². The van der Waals surface area contributed by atoms with Crippen LogP contribution < -0.4 is 0 Å². The van der Waals surface area contributed by atoms with Gasteiger partial charge >= 0.3 is 0 Å². The van der Waals surface area contributed by atoms with Gasteiger partial charge in [0.25, 0.3) is 0 Å². The Morgan fingerprint density at radius 2 is 1.31 bits per heavy atom. The smallest absolute Gasteiger partial charge is 0.136 e. The lowest BCUT2D eigenvalue weighted by atomic mass is 10.00. The second-order valence-corrected chi connectivity index (χ2v) is 5.05. The molecular formula is C14H20O2. The van der Waals surface area contributed by atoms with E-state index in [1.807, 2.05) is 0 Å². The summed E-state index contributed by atoms with van der Waals surface area (Å²) in [4.78, 5) is 22.8. The number of allylic oxidation sites excluding steroid dienone is 2. The van der Waals surface area contributed by atoms with E-state index in [0.29, 0.717) is 11.6 Å². The Balaban J connectivity index is 1.69. The van der Waals surface area contributed by atoms with Gasteiger partial charge in [-0.25, -0.2) is 0 Å². The van der Waals surface area contributed by atoms with Crippen LogP contribution in [0.3, 0.4) is 0 Å². The molecule has 0 aromatic heterocycles. The van der Waals surface area contributed by atoms with Gasteiger partial charge in [0, 0.05) is 24.7 Å². The first-order valence-electron chi connectivity index (χ1n) is 6.48. The molecule has 2 saturated carbocycles. The van der Waals surface area contributed by atoms with Crippen LogP contribution in [0.25, 0.3) is 0 Å². The molecule has 88 valence electrons. The summed E-state index contributed by atoms with van der Waals surface area (Å²) in [6, 6.07) is 0. The second kappa shape index (κ2) is 5.42. The summed E-state index contributed by atoms with van der Waals surface area (Å²) >= 11 is 0. The lowest BCUT2D eigenvalue weighted by molar-refractivity contribution is -0.121. The van der Waals surface area contributed by atoms with Crippen LogP contribution in [0.15, 0.2) is 12.2 Å². The summed E-state index contributed by atoms with van der Waals surface area (Å²) in [7, 11) is 0. The number of hydrogen-bond donors (Lipinski definition) is 0. The maximum absolute atomic E-state index is 11.4. The fraction of sp³-hybridized carbons (Fsp3) is 0.714. The number of rotatable bonds is 4. The van der Waals surface area contributed by atoms with Gasteiger partial charge < -0.3 is 0 Å². The summed E-state index contributed by atoms with van der Waals surface area (Å²) in [6.07, 6.45) is 11.8. The normalized spacial score (nSPS) is 30.8. The van der Waals surface area contributed by atoms with Gasteiger partial charge in [0.15, 0.2) is 0 Å². The molecule has 0 N–H and O–H groups in total. The predicted octanol–water partition coefficient (Wildman–Crippen LogP) is 3.06. The third-order valence-electron chi connectivity index (χ3n) is 3.87. The van der Waals surface area contributed by atoms with Crippen molar-refractivity contribution in [3.63, 3.8) is 0 Å². The molecule has 2 atom stereocenters. The first-order chi connectivity index (χ1) is 7.77. The Bertz CT molecular complexity index is 274. The maximum atomic E-state index is 11.4. The van der Waals surface area contributed by atoms with Crippen molar-refractivity contribution in [2.24, 2.45) is 11.8 Å². The minimum Gasteiger partial charge on any atom is -0.299 e. The molecule has 2 aliphatic rings. The summed E-state index contributed by atoms with van der Waals surface area (Å²) < 4.78 is 0. The molecule has 2 fully saturated rings. The molecule has 0 aliphatic heterocycles. The minimum absolute atomic E-state index is 0.274. The third kappa shape index (κ3) is 2.81. The molecule has 0 amide bonds. The van der Waals surface area contributed by atoms with E-state index in [0.717, 1.165) is 51.4 Å². The van der Waals surface area contributed by atoms with Crippen molar-refractivity contribution < 1.29 is 9.59 Å². The van der Waals surface area contributed by atoms with E-state index >= 15 is 0 Å². The van der Waals surface area contributed by atoms with Gasteiger partial charge in [-0.05, 0) is 38.5 Å². The Labute approximate surface area is 97.1 Å². The van der Waals surface area contributed by atoms with Gasteiger partial charge in [-0.3, -0.25) is 9.59 Å². The van der Waals surface area contributed by atoms with Crippen LogP contribution in [0.2, 0.25) is 0 Å². The second-order valence-electron chi connectivity index (χ2n) is 5.05. The molecule has 2 heteroatoms. The molecule has 0 spiro atoms. The van der Waals surface area contributed by atoms with Gasteiger partial charge in [-0.2, -0.15) is 0 Å². The summed E-state index contributed by atoms with van der Waals surface area (Å²) in [5.74, 6) is 1.41. The highest BCUT2D eigenvalue weighted by Gasteiger charge is 2.24. The van der Waals surface area contributed by atoms with Crippen LogP contribution in [0, 0.1) is 11.8 Å². The van der Waals surface area contributed by atoms with Gasteiger partial charge in [-0.1, -0.05) is 12.2 Å². The highest BCUT2D eigenvalue weighted by molar-refractivity contribution is 5.83. The molecule has 0 heterocycles. The number of carbonyl (C=O) groups is 2. The first-order valence-corrected chi connectivity index (χ1v) is 6.48. The topological polar surface area (TPSA) is 34.1 Å². The highest BCUT2D eigenvalue weighted by Crippen LogP contribution is 2.26. The summed E-state index contributed by atoms with van der Waals surface area (Å²) in [5, 5.41) is 0. The van der Waals surface area contributed by atoms with E-state index in [1.54, 1.807) is 0 Å². The van der Waals surface area contributed by atoms with Crippen LogP contribution >= 0.6 is 0 Å². The molecule has 0 saturated heterocycles. The summed E-state index contributed by atoms with van der Waals surface area (Å²) in [5.41, 5.74) is 0. The van der Waals surface area contributed by atoms with E-state index in [1.165, 1.54) is 0 Å². The minimum atomic E-state index is 0.274. The number of ketones is 2. The molecule has 0 radical (unpaired) electrons. The Hall–Kier alpha value is -0.920. The molecule has 2 unspecified atom stereocenters. The van der Waals surface area contributed by atoms with Crippen LogP contribution in [0.1, 0.15) is 51.4 Å². The van der Waals surface area contributed by atoms with Crippen LogP contribution in [0.4, 0.5) is 0 Å². The van der Waals surface area contributed by atoms with Crippen LogP contribution in [-0.2, 0) is 9.59 Å². The van der Waals surface area contributed by atoms with E-state index in [4.69, 9.17) is 0 Å². The Morgan fingerprint density at radius 1 is 0.875 bits per heavy atom. The number of carbonyl (C=O) groups excluding carboxylic acids is 2. The molecule has 16 heavy (non-hydrogen) atoms. The van der Waals surface area contributed by atoms with Crippen LogP contribution in [-0.4, -0.2) is 11.6 Å². The maximum Gasteiger partial charge on any atom is 0.136 e. The number of Topliss-reactive ketones (excluding diaryl/α,β-unsaturated/α-hetero) is 2. The fourth-order valence-corrected chi connectivity index (χ4v) is 2.80. The van der Waals surface area contributed by atoms with E-state index in [9.17, 15) is 9.59 Å². The molecule has 0 aromatic rings. The highest BCUT2D eigenvalue weighted by atomic mass is 16.1. The monoisotopic (exact) mass is 220 g/mol. The van der Waals surface area contributed by atoms with E-state index in [-0.39, 0.29) is 11.8 Å². The summed E-state index contributed by atoms with van der Waals surface area (Å²) in [6.45, 7) is 0. The zero-order valence-corrected chi connectivity index (χ0v) is 9.78. The molecule has 0 bridgehead atoms. The average Bonchev–Trinajstić information content (AvgIpc) is 2.84. The molecule has 0 aromatic carbocycles. The van der Waals surface area contributed by atoms with Crippen molar-refractivity contribution in [1.82, 2.24) is 0 Å². The zero-order valence-electron chi connectivity index (χ0n) is 9.78. The van der Waals surface area contributed by atoms with Gasteiger partial charge in [-0.15, -0.1) is 0 Å². The predicted molar refractivity (Wildman–Crippen MR) is 63.1 cm³/mol. The molecule has 2 nitrogen and oxygen atoms in total. The number of hydrogen-bond acceptors (Lipinski definition) is 2. The quantitative estimate of drug-likeness (QED) is 0.682. The Kier molecular flexibility index (Phi) is 3.92.